The number of imide groups is 1. The maximum absolute atomic E-state index is 12.5. The molecular formula is C19H21N3O5. The highest BCUT2D eigenvalue weighted by Crippen LogP contribution is 2.25. The highest BCUT2D eigenvalue weighted by Gasteiger charge is 2.49. The third kappa shape index (κ3) is 3.69. The summed E-state index contributed by atoms with van der Waals surface area (Å²) in [4.78, 5) is 41.5. The number of oxazole rings is 1. The molecule has 3 rings (SSSR count). The van der Waals surface area contributed by atoms with Crippen molar-refractivity contribution in [1.82, 2.24) is 15.2 Å². The number of carbonyl (C=O) groups excluding carboxylic acids is 3. The van der Waals surface area contributed by atoms with Crippen molar-refractivity contribution in [3.63, 3.8) is 0 Å². The summed E-state index contributed by atoms with van der Waals surface area (Å²) in [6, 6.07) is 8.82. The molecule has 142 valence electrons. The monoisotopic (exact) mass is 371 g/mol. The minimum Gasteiger partial charge on any atom is -0.454 e. The van der Waals surface area contributed by atoms with E-state index in [0.717, 1.165) is 10.5 Å². The van der Waals surface area contributed by atoms with Crippen LogP contribution in [0.1, 0.15) is 32.6 Å². The summed E-state index contributed by atoms with van der Waals surface area (Å²) in [5.74, 6) is -0.319. The van der Waals surface area contributed by atoms with Gasteiger partial charge in [0.25, 0.3) is 5.91 Å². The maximum atomic E-state index is 12.5. The normalized spacial score (nSPS) is 15.7. The Labute approximate surface area is 156 Å². The molecule has 1 aliphatic rings. The first-order chi connectivity index (χ1) is 13.0. The second-order valence-electron chi connectivity index (χ2n) is 6.26. The fourth-order valence-electron chi connectivity index (χ4n) is 2.98. The average Bonchev–Trinajstić information content (AvgIpc) is 3.26. The van der Waals surface area contributed by atoms with Crippen LogP contribution < -0.4 is 5.32 Å². The predicted octanol–water partition coefficient (Wildman–Crippen LogP) is 2.50. The van der Waals surface area contributed by atoms with Crippen molar-refractivity contribution in [2.24, 2.45) is 0 Å². The van der Waals surface area contributed by atoms with E-state index < -0.39 is 30.0 Å². The first kappa shape index (κ1) is 18.6. The van der Waals surface area contributed by atoms with Gasteiger partial charge < -0.3 is 14.5 Å². The zero-order valence-corrected chi connectivity index (χ0v) is 15.2. The highest BCUT2D eigenvalue weighted by molar-refractivity contribution is 6.08. The molecule has 1 N–H and O–H groups in total. The van der Waals surface area contributed by atoms with Gasteiger partial charge in [-0.1, -0.05) is 44.2 Å². The largest absolute Gasteiger partial charge is 0.454 e. The Morgan fingerprint density at radius 1 is 1.22 bits per heavy atom. The molecule has 27 heavy (non-hydrogen) atoms. The van der Waals surface area contributed by atoms with E-state index in [2.05, 4.69) is 10.3 Å². The number of nitrogens with zero attached hydrogens (tertiary/aromatic N) is 2. The Kier molecular flexibility index (Phi) is 5.25. The molecule has 2 aromatic rings. The summed E-state index contributed by atoms with van der Waals surface area (Å²) < 4.78 is 10.7. The number of hydrogen-bond donors (Lipinski definition) is 1. The van der Waals surface area contributed by atoms with Crippen molar-refractivity contribution >= 4 is 17.9 Å². The number of nitrogens with one attached hydrogen (secondary N) is 1. The van der Waals surface area contributed by atoms with Gasteiger partial charge >= 0.3 is 12.0 Å². The van der Waals surface area contributed by atoms with Gasteiger partial charge in [-0.15, -0.1) is 0 Å². The molecule has 0 spiro atoms. The zero-order chi connectivity index (χ0) is 19.4. The standard InChI is InChI=1S/C19H21N3O5/c1-3-19(4-2)17(24)22(18(25)21-19)11-16(23)26-12-15-20-10-14(27-15)13-8-6-5-7-9-13/h5-10H,3-4,11-12H2,1-2H3,(H,21,25). The zero-order valence-electron chi connectivity index (χ0n) is 15.2. The molecule has 8 heteroatoms. The van der Waals surface area contributed by atoms with Crippen molar-refractivity contribution in [2.75, 3.05) is 6.54 Å². The first-order valence-electron chi connectivity index (χ1n) is 8.79. The topological polar surface area (TPSA) is 102 Å². The van der Waals surface area contributed by atoms with E-state index in [9.17, 15) is 14.4 Å². The van der Waals surface area contributed by atoms with Crippen LogP contribution in [-0.2, 0) is 20.9 Å². The van der Waals surface area contributed by atoms with Crippen LogP contribution >= 0.6 is 0 Å². The van der Waals surface area contributed by atoms with E-state index in [1.807, 2.05) is 44.2 Å². The fourth-order valence-corrected chi connectivity index (χ4v) is 2.98. The second-order valence-corrected chi connectivity index (χ2v) is 6.26. The van der Waals surface area contributed by atoms with Crippen LogP contribution in [0, 0.1) is 0 Å². The van der Waals surface area contributed by atoms with E-state index in [1.165, 1.54) is 0 Å². The van der Waals surface area contributed by atoms with E-state index in [1.54, 1.807) is 6.20 Å². The Morgan fingerprint density at radius 2 is 1.93 bits per heavy atom. The summed E-state index contributed by atoms with van der Waals surface area (Å²) in [6.45, 7) is 3.01. The molecule has 1 aromatic heterocycles. The second kappa shape index (κ2) is 7.61. The number of esters is 1. The molecule has 2 heterocycles. The molecule has 0 atom stereocenters. The quantitative estimate of drug-likeness (QED) is 0.593. The molecule has 1 aromatic carbocycles. The van der Waals surface area contributed by atoms with Gasteiger partial charge in [0.15, 0.2) is 12.4 Å². The van der Waals surface area contributed by atoms with Crippen LogP contribution in [0.2, 0.25) is 0 Å². The van der Waals surface area contributed by atoms with Crippen LogP contribution in [0.25, 0.3) is 11.3 Å². The lowest BCUT2D eigenvalue weighted by molar-refractivity contribution is -0.149. The van der Waals surface area contributed by atoms with Crippen LogP contribution in [0.5, 0.6) is 0 Å². The van der Waals surface area contributed by atoms with Gasteiger partial charge in [-0.2, -0.15) is 0 Å². The van der Waals surface area contributed by atoms with Crippen molar-refractivity contribution in [3.05, 3.63) is 42.4 Å². The van der Waals surface area contributed by atoms with Crippen LogP contribution in [0.15, 0.2) is 40.9 Å². The smallest absolute Gasteiger partial charge is 0.326 e. The summed E-state index contributed by atoms with van der Waals surface area (Å²) >= 11 is 0. The van der Waals surface area contributed by atoms with Crippen molar-refractivity contribution in [1.29, 1.82) is 0 Å². The van der Waals surface area contributed by atoms with Crippen LogP contribution in [-0.4, -0.2) is 39.9 Å². The lowest BCUT2D eigenvalue weighted by atomic mass is 9.93. The van der Waals surface area contributed by atoms with Gasteiger partial charge in [-0.25, -0.2) is 9.78 Å². The Morgan fingerprint density at radius 3 is 2.56 bits per heavy atom. The van der Waals surface area contributed by atoms with Crippen molar-refractivity contribution < 1.29 is 23.5 Å². The Bertz CT molecular complexity index is 842. The van der Waals surface area contributed by atoms with Crippen LogP contribution in [0.3, 0.4) is 0 Å². The van der Waals surface area contributed by atoms with Gasteiger partial charge in [0.2, 0.25) is 5.89 Å². The minimum absolute atomic E-state index is 0.179. The number of benzene rings is 1. The predicted molar refractivity (Wildman–Crippen MR) is 95.3 cm³/mol. The molecule has 0 bridgehead atoms. The SMILES string of the molecule is CCC1(CC)NC(=O)N(CC(=O)OCc2ncc(-c3ccccc3)o2)C1=O. The van der Waals surface area contributed by atoms with Gasteiger partial charge in [0.1, 0.15) is 12.1 Å². The van der Waals surface area contributed by atoms with E-state index in [0.29, 0.717) is 18.6 Å². The summed E-state index contributed by atoms with van der Waals surface area (Å²) in [5.41, 5.74) is -0.0813. The summed E-state index contributed by atoms with van der Waals surface area (Å²) in [6.07, 6.45) is 2.46. The van der Waals surface area contributed by atoms with Crippen molar-refractivity contribution in [3.8, 4) is 11.3 Å². The minimum atomic E-state index is -0.940. The molecule has 0 unspecified atom stereocenters. The number of hydrogen-bond acceptors (Lipinski definition) is 6. The number of amides is 3. The molecule has 1 saturated heterocycles. The first-order valence-corrected chi connectivity index (χ1v) is 8.79. The lowest BCUT2D eigenvalue weighted by Gasteiger charge is -2.22. The molecule has 1 fully saturated rings. The van der Waals surface area contributed by atoms with Gasteiger partial charge in [0, 0.05) is 5.56 Å². The average molecular weight is 371 g/mol. The Hall–Kier alpha value is -3.16. The van der Waals surface area contributed by atoms with Crippen molar-refractivity contribution in [2.45, 2.75) is 38.8 Å². The molecular weight excluding hydrogens is 350 g/mol. The molecule has 3 amide bonds. The molecule has 0 saturated carbocycles. The fraction of sp³-hybridized carbons (Fsp3) is 0.368. The summed E-state index contributed by atoms with van der Waals surface area (Å²) in [7, 11) is 0. The van der Waals surface area contributed by atoms with E-state index in [-0.39, 0.29) is 12.5 Å². The van der Waals surface area contributed by atoms with Gasteiger partial charge in [-0.05, 0) is 12.8 Å². The van der Waals surface area contributed by atoms with Crippen LogP contribution in [0.4, 0.5) is 4.79 Å². The molecule has 0 radical (unpaired) electrons. The number of rotatable bonds is 7. The maximum Gasteiger partial charge on any atom is 0.326 e. The van der Waals surface area contributed by atoms with E-state index in [4.69, 9.17) is 9.15 Å². The highest BCUT2D eigenvalue weighted by atomic mass is 16.5. The third-order valence-corrected chi connectivity index (χ3v) is 4.71. The van der Waals surface area contributed by atoms with Gasteiger partial charge in [-0.3, -0.25) is 14.5 Å². The molecule has 8 nitrogen and oxygen atoms in total. The number of ether oxygens (including phenoxy) is 1. The third-order valence-electron chi connectivity index (χ3n) is 4.71. The number of urea groups is 1. The van der Waals surface area contributed by atoms with E-state index >= 15 is 0 Å². The lowest BCUT2D eigenvalue weighted by Crippen LogP contribution is -2.46. The molecule has 1 aliphatic heterocycles. The molecule has 0 aliphatic carbocycles. The van der Waals surface area contributed by atoms with Gasteiger partial charge in [0.05, 0.1) is 6.20 Å². The number of aromatic nitrogens is 1. The Balaban J connectivity index is 1.57. The summed E-state index contributed by atoms with van der Waals surface area (Å²) in [5, 5.41) is 2.67. The number of carbonyl (C=O) groups is 3.